The number of rotatable bonds is 3. The van der Waals surface area contributed by atoms with Crippen molar-refractivity contribution in [1.29, 1.82) is 0 Å². The molecular weight excluding hydrogens is 230 g/mol. The first kappa shape index (κ1) is 12.6. The number of amides is 2. The lowest BCUT2D eigenvalue weighted by atomic mass is 10.2. The van der Waals surface area contributed by atoms with Gasteiger partial charge >= 0.3 is 0 Å². The maximum absolute atomic E-state index is 11.8. The molecule has 1 N–H and O–H groups in total. The van der Waals surface area contributed by atoms with Crippen LogP contribution in [-0.2, 0) is 4.79 Å². The lowest BCUT2D eigenvalue weighted by molar-refractivity contribution is -0.117. The number of hydrogen-bond donors (Lipinski definition) is 1. The third-order valence-corrected chi connectivity index (χ3v) is 2.82. The van der Waals surface area contributed by atoms with Crippen molar-refractivity contribution < 1.29 is 9.59 Å². The Bertz CT molecular complexity index is 471. The van der Waals surface area contributed by atoms with Crippen molar-refractivity contribution in [1.82, 2.24) is 10.4 Å². The van der Waals surface area contributed by atoms with Crippen LogP contribution in [0.5, 0.6) is 0 Å². The summed E-state index contributed by atoms with van der Waals surface area (Å²) in [7, 11) is 3.51. The van der Waals surface area contributed by atoms with E-state index in [-0.39, 0.29) is 11.8 Å². The van der Waals surface area contributed by atoms with E-state index in [1.807, 2.05) is 6.07 Å². The molecule has 96 valence electrons. The summed E-state index contributed by atoms with van der Waals surface area (Å²) in [6.45, 7) is 0.734. The fourth-order valence-corrected chi connectivity index (χ4v) is 2.00. The molecule has 5 heteroatoms. The molecule has 1 aromatic carbocycles. The number of hydrazine groups is 1. The van der Waals surface area contributed by atoms with Gasteiger partial charge in [0.2, 0.25) is 5.91 Å². The van der Waals surface area contributed by atoms with E-state index in [0.29, 0.717) is 12.0 Å². The summed E-state index contributed by atoms with van der Waals surface area (Å²) >= 11 is 0. The zero-order valence-corrected chi connectivity index (χ0v) is 10.6. The van der Waals surface area contributed by atoms with Gasteiger partial charge in [-0.25, -0.2) is 5.01 Å². The van der Waals surface area contributed by atoms with Gasteiger partial charge in [0.1, 0.15) is 0 Å². The molecule has 1 heterocycles. The average molecular weight is 247 g/mol. The largest absolute Gasteiger partial charge is 0.312 e. The molecule has 2 amide bonds. The molecular formula is C13H17N3O2. The Labute approximate surface area is 106 Å². The minimum absolute atomic E-state index is 0.125. The quantitative estimate of drug-likeness (QED) is 0.811. The molecule has 0 saturated carbocycles. The SMILES string of the molecule is CN(C)NC(=O)c1cccc(N2CCCC2=O)c1. The smallest absolute Gasteiger partial charge is 0.265 e. The molecule has 0 bridgehead atoms. The molecule has 0 aliphatic carbocycles. The lowest BCUT2D eigenvalue weighted by Crippen LogP contribution is -2.36. The third-order valence-electron chi connectivity index (χ3n) is 2.82. The summed E-state index contributed by atoms with van der Waals surface area (Å²) < 4.78 is 0. The van der Waals surface area contributed by atoms with Gasteiger partial charge in [-0.15, -0.1) is 0 Å². The van der Waals surface area contributed by atoms with Crippen LogP contribution < -0.4 is 10.3 Å². The number of anilines is 1. The normalized spacial score (nSPS) is 15.3. The van der Waals surface area contributed by atoms with E-state index < -0.39 is 0 Å². The predicted molar refractivity (Wildman–Crippen MR) is 69.2 cm³/mol. The Balaban J connectivity index is 2.19. The van der Waals surface area contributed by atoms with E-state index in [1.54, 1.807) is 42.2 Å². The maximum atomic E-state index is 11.8. The van der Waals surface area contributed by atoms with Gasteiger partial charge in [0, 0.05) is 38.3 Å². The van der Waals surface area contributed by atoms with Crippen molar-refractivity contribution in [3.63, 3.8) is 0 Å². The van der Waals surface area contributed by atoms with Crippen molar-refractivity contribution in [3.8, 4) is 0 Å². The summed E-state index contributed by atoms with van der Waals surface area (Å²) in [5.74, 6) is -0.0475. The van der Waals surface area contributed by atoms with Gasteiger partial charge in [-0.3, -0.25) is 15.0 Å². The predicted octanol–water partition coefficient (Wildman–Crippen LogP) is 1.02. The highest BCUT2D eigenvalue weighted by molar-refractivity contribution is 5.98. The summed E-state index contributed by atoms with van der Waals surface area (Å²) in [5.41, 5.74) is 4.03. The van der Waals surface area contributed by atoms with Crippen molar-refractivity contribution in [3.05, 3.63) is 29.8 Å². The molecule has 1 aliphatic heterocycles. The molecule has 1 saturated heterocycles. The zero-order valence-electron chi connectivity index (χ0n) is 10.6. The van der Waals surface area contributed by atoms with Gasteiger partial charge in [-0.1, -0.05) is 6.07 Å². The van der Waals surface area contributed by atoms with E-state index >= 15 is 0 Å². The van der Waals surface area contributed by atoms with E-state index in [0.717, 1.165) is 18.7 Å². The van der Waals surface area contributed by atoms with Crippen LogP contribution in [0.1, 0.15) is 23.2 Å². The third kappa shape index (κ3) is 2.68. The van der Waals surface area contributed by atoms with Crippen molar-refractivity contribution in [2.45, 2.75) is 12.8 Å². The Morgan fingerprint density at radius 3 is 2.78 bits per heavy atom. The van der Waals surface area contributed by atoms with Gasteiger partial charge in [-0.2, -0.15) is 0 Å². The maximum Gasteiger partial charge on any atom is 0.265 e. The van der Waals surface area contributed by atoms with Crippen LogP contribution in [0.25, 0.3) is 0 Å². The van der Waals surface area contributed by atoms with Crippen LogP contribution in [0.3, 0.4) is 0 Å². The minimum Gasteiger partial charge on any atom is -0.312 e. The van der Waals surface area contributed by atoms with Crippen molar-refractivity contribution in [2.24, 2.45) is 0 Å². The molecule has 2 rings (SSSR count). The Morgan fingerprint density at radius 2 is 2.17 bits per heavy atom. The standard InChI is InChI=1S/C13H17N3O2/c1-15(2)14-13(18)10-5-3-6-11(9-10)16-8-4-7-12(16)17/h3,5-6,9H,4,7-8H2,1-2H3,(H,14,18). The van der Waals surface area contributed by atoms with Crippen LogP contribution in [-0.4, -0.2) is 37.5 Å². The molecule has 1 fully saturated rings. The van der Waals surface area contributed by atoms with E-state index in [1.165, 1.54) is 0 Å². The molecule has 18 heavy (non-hydrogen) atoms. The number of nitrogens with one attached hydrogen (secondary N) is 1. The monoisotopic (exact) mass is 247 g/mol. The highest BCUT2D eigenvalue weighted by Gasteiger charge is 2.22. The van der Waals surface area contributed by atoms with E-state index in [9.17, 15) is 9.59 Å². The van der Waals surface area contributed by atoms with Gasteiger partial charge in [0.15, 0.2) is 0 Å². The summed E-state index contributed by atoms with van der Waals surface area (Å²) in [5, 5.41) is 1.59. The second kappa shape index (κ2) is 5.18. The second-order valence-corrected chi connectivity index (χ2v) is 4.53. The van der Waals surface area contributed by atoms with E-state index in [2.05, 4.69) is 5.43 Å². The molecule has 1 aromatic rings. The second-order valence-electron chi connectivity index (χ2n) is 4.53. The van der Waals surface area contributed by atoms with Crippen LogP contribution in [0.2, 0.25) is 0 Å². The molecule has 5 nitrogen and oxygen atoms in total. The number of carbonyl (C=O) groups is 2. The Hall–Kier alpha value is -1.88. The molecule has 1 aliphatic rings. The summed E-state index contributed by atoms with van der Waals surface area (Å²) in [4.78, 5) is 25.2. The van der Waals surface area contributed by atoms with Crippen molar-refractivity contribution in [2.75, 3.05) is 25.5 Å². The van der Waals surface area contributed by atoms with Gasteiger partial charge < -0.3 is 4.90 Å². The molecule has 0 aromatic heterocycles. The first-order valence-corrected chi connectivity index (χ1v) is 5.96. The molecule has 0 radical (unpaired) electrons. The highest BCUT2D eigenvalue weighted by Crippen LogP contribution is 2.22. The van der Waals surface area contributed by atoms with Crippen LogP contribution in [0, 0.1) is 0 Å². The van der Waals surface area contributed by atoms with Crippen molar-refractivity contribution >= 4 is 17.5 Å². The average Bonchev–Trinajstić information content (AvgIpc) is 2.75. The Kier molecular flexibility index (Phi) is 3.62. The van der Waals surface area contributed by atoms with Gasteiger partial charge in [0.25, 0.3) is 5.91 Å². The summed E-state index contributed by atoms with van der Waals surface area (Å²) in [6, 6.07) is 7.14. The fraction of sp³-hybridized carbons (Fsp3) is 0.385. The Morgan fingerprint density at radius 1 is 1.39 bits per heavy atom. The van der Waals surface area contributed by atoms with Gasteiger partial charge in [0.05, 0.1) is 0 Å². The molecule has 0 atom stereocenters. The highest BCUT2D eigenvalue weighted by atomic mass is 16.2. The topological polar surface area (TPSA) is 52.7 Å². The summed E-state index contributed by atoms with van der Waals surface area (Å²) in [6.07, 6.45) is 1.47. The van der Waals surface area contributed by atoms with Crippen LogP contribution >= 0.6 is 0 Å². The first-order valence-electron chi connectivity index (χ1n) is 5.96. The van der Waals surface area contributed by atoms with E-state index in [4.69, 9.17) is 0 Å². The molecule has 0 spiro atoms. The number of nitrogens with zero attached hydrogens (tertiary/aromatic N) is 2. The number of benzene rings is 1. The zero-order chi connectivity index (χ0) is 13.1. The first-order chi connectivity index (χ1) is 8.58. The van der Waals surface area contributed by atoms with Crippen LogP contribution in [0.4, 0.5) is 5.69 Å². The number of carbonyl (C=O) groups excluding carboxylic acids is 2. The van der Waals surface area contributed by atoms with Crippen LogP contribution in [0.15, 0.2) is 24.3 Å². The minimum atomic E-state index is -0.173. The molecule has 0 unspecified atom stereocenters. The fourth-order valence-electron chi connectivity index (χ4n) is 2.00. The lowest BCUT2D eigenvalue weighted by Gasteiger charge is -2.17. The van der Waals surface area contributed by atoms with Gasteiger partial charge in [-0.05, 0) is 24.6 Å². The number of hydrogen-bond acceptors (Lipinski definition) is 3.